The molecule has 0 aliphatic carbocycles. The van der Waals surface area contributed by atoms with Crippen LogP contribution < -0.4 is 0 Å². The molecule has 3 rings (SSSR count). The third kappa shape index (κ3) is 5.14. The third-order valence-electron chi connectivity index (χ3n) is 4.18. The number of imidazole rings is 1. The van der Waals surface area contributed by atoms with Crippen molar-refractivity contribution in [1.82, 2.24) is 9.55 Å². The summed E-state index contributed by atoms with van der Waals surface area (Å²) in [5.41, 5.74) is 2.05. The van der Waals surface area contributed by atoms with Crippen LogP contribution >= 0.6 is 11.8 Å². The lowest BCUT2D eigenvalue weighted by Crippen LogP contribution is -2.07. The summed E-state index contributed by atoms with van der Waals surface area (Å²) in [6.45, 7) is 0.567. The van der Waals surface area contributed by atoms with Crippen molar-refractivity contribution in [2.45, 2.75) is 36.7 Å². The molecule has 3 aromatic rings. The number of hydrogen-bond acceptors (Lipinski definition) is 3. The van der Waals surface area contributed by atoms with Gasteiger partial charge in [-0.1, -0.05) is 54.2 Å². The molecule has 0 saturated carbocycles. The Hall–Kier alpha value is -2.25. The number of thioether (sulfide) groups is 1. The number of hydrogen-bond donors (Lipinski definition) is 1. The molecule has 2 aromatic carbocycles. The molecule has 0 aliphatic heterocycles. The van der Waals surface area contributed by atoms with Crippen molar-refractivity contribution in [3.05, 3.63) is 83.2 Å². The Balaban J connectivity index is 1.67. The molecular formula is C20H19F3N2OS. The Bertz CT molecular complexity index is 861. The number of nitrogens with zero attached hydrogens (tertiary/aromatic N) is 2. The van der Waals surface area contributed by atoms with Gasteiger partial charge in [0.05, 0.1) is 24.1 Å². The van der Waals surface area contributed by atoms with E-state index in [1.165, 1.54) is 29.5 Å². The predicted octanol–water partition coefficient (Wildman–Crippen LogP) is 4.93. The average molecular weight is 392 g/mol. The van der Waals surface area contributed by atoms with Crippen LogP contribution in [0.25, 0.3) is 0 Å². The summed E-state index contributed by atoms with van der Waals surface area (Å²) in [6.07, 6.45) is -1.88. The second-order valence-corrected chi connectivity index (χ2v) is 7.00. The van der Waals surface area contributed by atoms with E-state index in [2.05, 4.69) is 4.98 Å². The van der Waals surface area contributed by atoms with Crippen LogP contribution in [0.5, 0.6) is 0 Å². The zero-order valence-corrected chi connectivity index (χ0v) is 15.3. The molecule has 0 amide bonds. The highest BCUT2D eigenvalue weighted by atomic mass is 32.2. The smallest absolute Gasteiger partial charge is 0.390 e. The summed E-state index contributed by atoms with van der Waals surface area (Å²) in [7, 11) is 0. The summed E-state index contributed by atoms with van der Waals surface area (Å²) < 4.78 is 39.9. The highest BCUT2D eigenvalue weighted by Crippen LogP contribution is 2.30. The molecular weight excluding hydrogens is 373 g/mol. The van der Waals surface area contributed by atoms with Crippen molar-refractivity contribution in [3.63, 3.8) is 0 Å². The molecule has 0 aliphatic rings. The fourth-order valence-electron chi connectivity index (χ4n) is 2.70. The first-order valence-electron chi connectivity index (χ1n) is 8.45. The normalized spacial score (nSPS) is 11.7. The number of aryl methyl sites for hydroxylation is 1. The minimum Gasteiger partial charge on any atom is -0.390 e. The molecule has 1 aromatic heterocycles. The summed E-state index contributed by atoms with van der Waals surface area (Å²) >= 11 is 1.44. The van der Waals surface area contributed by atoms with Gasteiger partial charge < -0.3 is 9.67 Å². The maximum atomic E-state index is 12.6. The third-order valence-corrected chi connectivity index (χ3v) is 5.24. The fraction of sp³-hybridized carbons (Fsp3) is 0.250. The van der Waals surface area contributed by atoms with Gasteiger partial charge in [-0.05, 0) is 29.7 Å². The Kier molecular flexibility index (Phi) is 6.23. The van der Waals surface area contributed by atoms with Crippen molar-refractivity contribution in [2.24, 2.45) is 0 Å². The van der Waals surface area contributed by atoms with Crippen LogP contribution in [0.2, 0.25) is 0 Å². The highest BCUT2D eigenvalue weighted by Gasteiger charge is 2.29. The van der Waals surface area contributed by atoms with Crippen molar-refractivity contribution in [1.29, 1.82) is 0 Å². The first kappa shape index (κ1) is 19.5. The lowest BCUT2D eigenvalue weighted by Gasteiger charge is -2.11. The largest absolute Gasteiger partial charge is 0.416 e. The van der Waals surface area contributed by atoms with Gasteiger partial charge >= 0.3 is 6.18 Å². The van der Waals surface area contributed by atoms with Gasteiger partial charge in [-0.3, -0.25) is 0 Å². The van der Waals surface area contributed by atoms with Gasteiger partial charge in [-0.25, -0.2) is 4.98 Å². The van der Waals surface area contributed by atoms with E-state index in [1.54, 1.807) is 6.20 Å². The lowest BCUT2D eigenvalue weighted by molar-refractivity contribution is -0.137. The molecule has 0 atom stereocenters. The van der Waals surface area contributed by atoms with Crippen LogP contribution in [0, 0.1) is 0 Å². The predicted molar refractivity (Wildman–Crippen MR) is 99.3 cm³/mol. The molecule has 3 nitrogen and oxygen atoms in total. The zero-order valence-electron chi connectivity index (χ0n) is 14.5. The zero-order chi connectivity index (χ0) is 19.3. The van der Waals surface area contributed by atoms with E-state index in [-0.39, 0.29) is 6.61 Å². The number of halogens is 3. The van der Waals surface area contributed by atoms with E-state index < -0.39 is 11.7 Å². The van der Waals surface area contributed by atoms with Crippen molar-refractivity contribution < 1.29 is 18.3 Å². The molecule has 0 radical (unpaired) electrons. The number of aliphatic hydroxyl groups is 1. The van der Waals surface area contributed by atoms with Crippen molar-refractivity contribution >= 4 is 11.8 Å². The summed E-state index contributed by atoms with van der Waals surface area (Å²) in [5.74, 6) is 0.505. The first-order chi connectivity index (χ1) is 13.0. The van der Waals surface area contributed by atoms with Crippen LogP contribution in [0.1, 0.15) is 22.4 Å². The maximum absolute atomic E-state index is 12.6. The van der Waals surface area contributed by atoms with Gasteiger partial charge in [0.15, 0.2) is 5.16 Å². The Morgan fingerprint density at radius 3 is 2.30 bits per heavy atom. The molecule has 142 valence electrons. The fourth-order valence-corrected chi connectivity index (χ4v) is 3.68. The summed E-state index contributed by atoms with van der Waals surface area (Å²) in [5, 5.41) is 10.3. The molecule has 0 fully saturated rings. The van der Waals surface area contributed by atoms with Crippen molar-refractivity contribution in [3.8, 4) is 0 Å². The average Bonchev–Trinajstić information content (AvgIpc) is 3.07. The molecule has 0 unspecified atom stereocenters. The van der Waals surface area contributed by atoms with Gasteiger partial charge in [0.25, 0.3) is 0 Å². The highest BCUT2D eigenvalue weighted by molar-refractivity contribution is 7.98. The van der Waals surface area contributed by atoms with Gasteiger partial charge in [0, 0.05) is 12.3 Å². The molecule has 1 N–H and O–H groups in total. The van der Waals surface area contributed by atoms with Crippen LogP contribution in [0.15, 0.2) is 66.0 Å². The van der Waals surface area contributed by atoms with Gasteiger partial charge in [-0.15, -0.1) is 0 Å². The number of aromatic nitrogens is 2. The van der Waals surface area contributed by atoms with E-state index in [0.717, 1.165) is 35.0 Å². The van der Waals surface area contributed by atoms with Crippen LogP contribution in [0.3, 0.4) is 0 Å². The molecule has 0 saturated heterocycles. The second-order valence-electron chi connectivity index (χ2n) is 6.06. The first-order valence-corrected chi connectivity index (χ1v) is 9.44. The second kappa shape index (κ2) is 8.63. The van der Waals surface area contributed by atoms with E-state index in [9.17, 15) is 18.3 Å². The standard InChI is InChI=1S/C20H19F3N2OS/c21-20(22,23)17-8-6-16(7-9-17)14-27-19-24-12-18(13-26)25(19)11-10-15-4-2-1-3-5-15/h1-9,12,26H,10-11,13-14H2. The minimum absolute atomic E-state index is 0.109. The van der Waals surface area contributed by atoms with E-state index >= 15 is 0 Å². The number of aliphatic hydroxyl groups excluding tert-OH is 1. The number of rotatable bonds is 7. The van der Waals surface area contributed by atoms with Crippen LogP contribution in [0.4, 0.5) is 13.2 Å². The molecule has 1 heterocycles. The maximum Gasteiger partial charge on any atom is 0.416 e. The van der Waals surface area contributed by atoms with E-state index in [0.29, 0.717) is 12.3 Å². The van der Waals surface area contributed by atoms with Gasteiger partial charge in [0.1, 0.15) is 0 Å². The Morgan fingerprint density at radius 2 is 1.67 bits per heavy atom. The topological polar surface area (TPSA) is 38.1 Å². The van der Waals surface area contributed by atoms with Crippen LogP contribution in [-0.2, 0) is 31.5 Å². The summed E-state index contributed by atoms with van der Waals surface area (Å²) in [4.78, 5) is 4.36. The quantitative estimate of drug-likeness (QED) is 0.580. The lowest BCUT2D eigenvalue weighted by atomic mass is 10.1. The SMILES string of the molecule is OCc1cnc(SCc2ccc(C(F)(F)F)cc2)n1CCc1ccccc1. The Morgan fingerprint density at radius 1 is 0.963 bits per heavy atom. The summed E-state index contributed by atoms with van der Waals surface area (Å²) in [6, 6.07) is 15.2. The molecule has 27 heavy (non-hydrogen) atoms. The molecule has 0 spiro atoms. The minimum atomic E-state index is -4.32. The van der Waals surface area contributed by atoms with E-state index in [1.807, 2.05) is 34.9 Å². The van der Waals surface area contributed by atoms with E-state index in [4.69, 9.17) is 0 Å². The monoisotopic (exact) mass is 392 g/mol. The van der Waals surface area contributed by atoms with Crippen molar-refractivity contribution in [2.75, 3.05) is 0 Å². The number of alkyl halides is 3. The molecule has 0 bridgehead atoms. The molecule has 7 heteroatoms. The van der Waals surface area contributed by atoms with Gasteiger partial charge in [0.2, 0.25) is 0 Å². The van der Waals surface area contributed by atoms with Gasteiger partial charge in [-0.2, -0.15) is 13.2 Å². The Labute approximate surface area is 159 Å². The van der Waals surface area contributed by atoms with Crippen LogP contribution in [-0.4, -0.2) is 14.7 Å². The number of benzene rings is 2.